The summed E-state index contributed by atoms with van der Waals surface area (Å²) in [4.78, 5) is 35.4. The maximum absolute atomic E-state index is 14.0. The van der Waals surface area contributed by atoms with Crippen LogP contribution in [0.1, 0.15) is 43.7 Å². The molecule has 3 aromatic carbocycles. The molecule has 1 atom stereocenters. The first-order valence-electron chi connectivity index (χ1n) is 18.8. The van der Waals surface area contributed by atoms with E-state index in [4.69, 9.17) is 9.57 Å². The molecule has 8 rings (SSSR count). The van der Waals surface area contributed by atoms with Gasteiger partial charge < -0.3 is 20.3 Å². The zero-order valence-electron chi connectivity index (χ0n) is 30.5. The van der Waals surface area contributed by atoms with E-state index in [1.807, 2.05) is 36.4 Å². The number of anilines is 5. The quantitative estimate of drug-likeness (QED) is 0.158. The van der Waals surface area contributed by atoms with Crippen LogP contribution in [0.4, 0.5) is 37.5 Å². The van der Waals surface area contributed by atoms with Gasteiger partial charge in [-0.05, 0) is 72.7 Å². The van der Waals surface area contributed by atoms with Gasteiger partial charge in [0.25, 0.3) is 0 Å². The maximum Gasteiger partial charge on any atom is 0.247 e. The lowest BCUT2D eigenvalue weighted by Crippen LogP contribution is -2.53. The molecule has 3 aliphatic heterocycles. The van der Waals surface area contributed by atoms with Gasteiger partial charge in [-0.25, -0.2) is 23.8 Å². The first-order valence-corrected chi connectivity index (χ1v) is 18.8. The third-order valence-corrected chi connectivity index (χ3v) is 11.0. The minimum absolute atomic E-state index is 0.197. The predicted molar refractivity (Wildman–Crippen MR) is 206 cm³/mol. The van der Waals surface area contributed by atoms with Crippen LogP contribution in [0.15, 0.2) is 79.6 Å². The molecule has 0 spiro atoms. The number of aromatic nitrogens is 2. The van der Waals surface area contributed by atoms with Gasteiger partial charge in [-0.2, -0.15) is 0 Å². The summed E-state index contributed by atoms with van der Waals surface area (Å²) in [6.07, 6.45) is 8.23. The summed E-state index contributed by atoms with van der Waals surface area (Å²) in [5, 5.41) is 8.14. The minimum Gasteiger partial charge on any atom is -0.494 e. The Hall–Kier alpha value is -5.11. The molecule has 13 heteroatoms. The van der Waals surface area contributed by atoms with E-state index in [1.54, 1.807) is 18.2 Å². The fraction of sp³-hybridized carbons (Fsp3) is 0.390. The van der Waals surface area contributed by atoms with Crippen LogP contribution in [0, 0.1) is 11.6 Å². The molecule has 3 saturated heterocycles. The van der Waals surface area contributed by atoms with Crippen molar-refractivity contribution < 1.29 is 23.1 Å². The molecule has 0 radical (unpaired) electrons. The molecule has 282 valence electrons. The van der Waals surface area contributed by atoms with Crippen molar-refractivity contribution >= 4 is 34.6 Å². The number of benzene rings is 3. The fourth-order valence-electron chi connectivity index (χ4n) is 8.08. The highest BCUT2D eigenvalue weighted by Gasteiger charge is 2.34. The number of hydrogen-bond acceptors (Lipinski definition) is 10. The molecule has 11 nitrogen and oxygen atoms in total. The monoisotopic (exact) mass is 736 g/mol. The van der Waals surface area contributed by atoms with Crippen molar-refractivity contribution in [1.29, 1.82) is 0 Å². The average Bonchev–Trinajstić information content (AvgIpc) is 3.93. The molecule has 1 unspecified atom stereocenters. The molecule has 1 aromatic heterocycles. The topological polar surface area (TPSA) is 98.3 Å². The number of rotatable bonds is 11. The van der Waals surface area contributed by atoms with Crippen LogP contribution in [-0.2, 0) is 9.63 Å². The Morgan fingerprint density at radius 2 is 1.57 bits per heavy atom. The lowest BCUT2D eigenvalue weighted by molar-refractivity contribution is -0.111. The van der Waals surface area contributed by atoms with Crippen LogP contribution in [0.5, 0.6) is 5.75 Å². The van der Waals surface area contributed by atoms with Crippen LogP contribution in [-0.4, -0.2) is 90.7 Å². The van der Waals surface area contributed by atoms with Crippen LogP contribution in [0.25, 0.3) is 11.1 Å². The Kier molecular flexibility index (Phi) is 10.4. The first kappa shape index (κ1) is 35.9. The molecule has 0 bridgehead atoms. The largest absolute Gasteiger partial charge is 0.494 e. The van der Waals surface area contributed by atoms with E-state index in [0.29, 0.717) is 59.0 Å². The number of hydrogen-bond donors (Lipinski definition) is 2. The van der Waals surface area contributed by atoms with Crippen molar-refractivity contribution in [2.45, 2.75) is 50.2 Å². The van der Waals surface area contributed by atoms with Gasteiger partial charge in [-0.15, -0.1) is 0 Å². The van der Waals surface area contributed by atoms with Gasteiger partial charge in [-0.3, -0.25) is 19.4 Å². The van der Waals surface area contributed by atoms with Gasteiger partial charge in [0.2, 0.25) is 5.91 Å². The second kappa shape index (κ2) is 15.7. The van der Waals surface area contributed by atoms with Gasteiger partial charge in [0.1, 0.15) is 29.5 Å². The lowest BCUT2D eigenvalue weighted by Gasteiger charge is -2.43. The Morgan fingerprint density at radius 1 is 0.852 bits per heavy atom. The number of hydroxylamine groups is 1. The van der Waals surface area contributed by atoms with Crippen molar-refractivity contribution in [3.05, 3.63) is 96.8 Å². The summed E-state index contributed by atoms with van der Waals surface area (Å²) in [6, 6.07) is 17.9. The zero-order valence-corrected chi connectivity index (χ0v) is 30.5. The average molecular weight is 737 g/mol. The molecule has 4 aliphatic rings. The number of halogens is 2. The van der Waals surface area contributed by atoms with Crippen molar-refractivity contribution in [3.63, 3.8) is 0 Å². The van der Waals surface area contributed by atoms with Gasteiger partial charge >= 0.3 is 0 Å². The van der Waals surface area contributed by atoms with E-state index < -0.39 is 11.6 Å². The highest BCUT2D eigenvalue weighted by atomic mass is 19.1. The summed E-state index contributed by atoms with van der Waals surface area (Å²) < 4.78 is 33.9. The number of nitrogens with one attached hydrogen (secondary N) is 2. The van der Waals surface area contributed by atoms with Crippen molar-refractivity contribution in [2.24, 2.45) is 0 Å². The van der Waals surface area contributed by atoms with Gasteiger partial charge in [0.05, 0.1) is 36.8 Å². The third-order valence-electron chi connectivity index (χ3n) is 11.0. The highest BCUT2D eigenvalue weighted by Crippen LogP contribution is 2.41. The summed E-state index contributed by atoms with van der Waals surface area (Å²) in [5.74, 6) is 0.0658. The van der Waals surface area contributed by atoms with Crippen molar-refractivity contribution in [2.75, 3.05) is 73.6 Å². The van der Waals surface area contributed by atoms with E-state index in [1.165, 1.54) is 50.5 Å². The number of nitrogens with zero attached hydrogens (tertiary/aromatic N) is 6. The Balaban J connectivity index is 0.995. The van der Waals surface area contributed by atoms with Crippen molar-refractivity contribution in [1.82, 2.24) is 19.8 Å². The van der Waals surface area contributed by atoms with E-state index in [9.17, 15) is 13.6 Å². The smallest absolute Gasteiger partial charge is 0.247 e. The zero-order chi connectivity index (χ0) is 37.2. The summed E-state index contributed by atoms with van der Waals surface area (Å²) >= 11 is 0. The molecular weight excluding hydrogens is 690 g/mol. The maximum atomic E-state index is 14.0. The Bertz CT molecular complexity index is 1970. The molecule has 1 saturated carbocycles. The summed E-state index contributed by atoms with van der Waals surface area (Å²) in [5.41, 5.74) is 4.23. The fourth-order valence-corrected chi connectivity index (χ4v) is 8.08. The molecule has 2 N–H and O–H groups in total. The first-order chi connectivity index (χ1) is 26.3. The molecule has 1 amide bonds. The van der Waals surface area contributed by atoms with E-state index in [-0.39, 0.29) is 11.9 Å². The van der Waals surface area contributed by atoms with Crippen molar-refractivity contribution in [3.8, 4) is 16.9 Å². The van der Waals surface area contributed by atoms with Crippen LogP contribution >= 0.6 is 0 Å². The molecular formula is C41H46F2N8O3. The number of piperazine rings is 1. The standard InChI is InChI=1S/C41H46F2N8O3/c1-3-41(52)47-34-23-35(38(53-2)24-37(34)50-12-9-33(10-13-50)49-16-14-48(15-17-49)32-7-8-32)46-39-25-40(45-26-44-39)51-36(11-18-54-51)28-6-4-5-27(19-28)29-20-30(42)22-31(43)21-29/h3-6,19-26,32-33,36H,1,7-18H2,2H3,(H,47,52)(H,44,45,46). The Morgan fingerprint density at radius 3 is 2.26 bits per heavy atom. The number of amides is 1. The van der Waals surface area contributed by atoms with Gasteiger partial charge in [-0.1, -0.05) is 24.8 Å². The Labute approximate surface area is 314 Å². The normalized spacial score (nSPS) is 19.9. The van der Waals surface area contributed by atoms with E-state index in [0.717, 1.165) is 62.4 Å². The summed E-state index contributed by atoms with van der Waals surface area (Å²) in [6.45, 7) is 10.5. The minimum atomic E-state index is -0.628. The number of carbonyl (C=O) groups excluding carboxylic acids is 1. The van der Waals surface area contributed by atoms with Gasteiger partial charge in [0, 0.05) is 76.0 Å². The number of methoxy groups -OCH3 is 1. The predicted octanol–water partition coefficient (Wildman–Crippen LogP) is 6.93. The van der Waals surface area contributed by atoms with Gasteiger partial charge in [0.15, 0.2) is 5.82 Å². The van der Waals surface area contributed by atoms with E-state index in [2.05, 4.69) is 41.9 Å². The third kappa shape index (κ3) is 7.89. The second-order valence-electron chi connectivity index (χ2n) is 14.4. The number of carbonyl (C=O) groups is 1. The lowest BCUT2D eigenvalue weighted by atomic mass is 9.98. The molecule has 54 heavy (non-hydrogen) atoms. The summed E-state index contributed by atoms with van der Waals surface area (Å²) in [7, 11) is 1.63. The van der Waals surface area contributed by atoms with Crippen LogP contribution in [0.3, 0.4) is 0 Å². The molecule has 4 aromatic rings. The number of ether oxygens (including phenoxy) is 1. The highest BCUT2D eigenvalue weighted by molar-refractivity contribution is 6.02. The SMILES string of the molecule is C=CC(=O)Nc1cc(Nc2cc(N3OCCC3c3cccc(-c4cc(F)cc(F)c4)c3)ncn2)c(OC)cc1N1CCC(N2CCN(C3CC3)CC2)CC1. The molecule has 4 heterocycles. The molecule has 4 fully saturated rings. The van der Waals surface area contributed by atoms with E-state index >= 15 is 0 Å². The van der Waals surface area contributed by atoms with Crippen LogP contribution < -0.4 is 25.3 Å². The molecule has 1 aliphatic carbocycles. The van der Waals surface area contributed by atoms with Crippen LogP contribution in [0.2, 0.25) is 0 Å². The second-order valence-corrected chi connectivity index (χ2v) is 14.4. The number of piperidine rings is 1.